The van der Waals surface area contributed by atoms with Crippen molar-refractivity contribution < 1.29 is 9.84 Å². The van der Waals surface area contributed by atoms with Gasteiger partial charge in [0.1, 0.15) is 5.82 Å². The van der Waals surface area contributed by atoms with Crippen molar-refractivity contribution in [3.8, 4) is 11.1 Å². The van der Waals surface area contributed by atoms with E-state index in [0.717, 1.165) is 46.5 Å². The van der Waals surface area contributed by atoms with Gasteiger partial charge in [0.15, 0.2) is 0 Å². The summed E-state index contributed by atoms with van der Waals surface area (Å²) >= 11 is 12.9. The summed E-state index contributed by atoms with van der Waals surface area (Å²) in [7, 11) is 0. The number of fused-ring (bicyclic) bond motifs is 1. The number of halogens is 2. The summed E-state index contributed by atoms with van der Waals surface area (Å²) in [5.41, 5.74) is 3.76. The van der Waals surface area contributed by atoms with Gasteiger partial charge >= 0.3 is 0 Å². The summed E-state index contributed by atoms with van der Waals surface area (Å²) in [5.74, 6) is 0.886. The Morgan fingerprint density at radius 2 is 1.85 bits per heavy atom. The van der Waals surface area contributed by atoms with E-state index in [4.69, 9.17) is 32.9 Å². The molecule has 2 heterocycles. The molecular weight excluding hydrogens is 383 g/mol. The van der Waals surface area contributed by atoms with Crippen molar-refractivity contribution in [2.24, 2.45) is 0 Å². The number of ether oxygens (including phenoxy) is 1. The van der Waals surface area contributed by atoms with Crippen molar-refractivity contribution in [1.82, 2.24) is 4.98 Å². The minimum Gasteiger partial charge on any atom is -0.396 e. The maximum absolute atomic E-state index is 9.78. The van der Waals surface area contributed by atoms with Crippen LogP contribution in [0.5, 0.6) is 0 Å². The lowest BCUT2D eigenvalue weighted by Crippen LogP contribution is -2.37. The number of aromatic nitrogens is 1. The molecule has 3 aromatic rings. The predicted octanol–water partition coefficient (Wildman–Crippen LogP) is 4.58. The molecule has 1 aliphatic heterocycles. The van der Waals surface area contributed by atoms with Gasteiger partial charge in [-0.3, -0.25) is 0 Å². The first kappa shape index (κ1) is 18.5. The molecule has 4 rings (SSSR count). The van der Waals surface area contributed by atoms with E-state index in [2.05, 4.69) is 4.90 Å². The van der Waals surface area contributed by atoms with Gasteiger partial charge in [-0.05, 0) is 36.2 Å². The smallest absolute Gasteiger partial charge is 0.133 e. The molecule has 6 heteroatoms. The van der Waals surface area contributed by atoms with Crippen molar-refractivity contribution >= 4 is 39.9 Å². The van der Waals surface area contributed by atoms with Crippen LogP contribution in [0, 0.1) is 0 Å². The van der Waals surface area contributed by atoms with Crippen LogP contribution in [0.25, 0.3) is 22.0 Å². The van der Waals surface area contributed by atoms with Crippen molar-refractivity contribution in [2.45, 2.75) is 6.42 Å². The van der Waals surface area contributed by atoms with Crippen LogP contribution in [0.2, 0.25) is 10.0 Å². The van der Waals surface area contributed by atoms with E-state index in [-0.39, 0.29) is 6.61 Å². The van der Waals surface area contributed by atoms with Gasteiger partial charge < -0.3 is 14.7 Å². The molecule has 0 aliphatic carbocycles. The number of hydrogen-bond donors (Lipinski definition) is 1. The van der Waals surface area contributed by atoms with Gasteiger partial charge in [0.25, 0.3) is 0 Å². The van der Waals surface area contributed by atoms with Crippen LogP contribution in [0.1, 0.15) is 5.56 Å². The Hall–Kier alpha value is -1.85. The summed E-state index contributed by atoms with van der Waals surface area (Å²) in [4.78, 5) is 7.16. The fraction of sp³-hybridized carbons (Fsp3) is 0.286. The van der Waals surface area contributed by atoms with Gasteiger partial charge in [-0.25, -0.2) is 4.98 Å². The van der Waals surface area contributed by atoms with Crippen LogP contribution in [0.3, 0.4) is 0 Å². The molecule has 0 bridgehead atoms. The highest BCUT2D eigenvalue weighted by molar-refractivity contribution is 6.34. The molecule has 1 aromatic heterocycles. The van der Waals surface area contributed by atoms with Crippen LogP contribution in [-0.2, 0) is 11.2 Å². The first-order valence-corrected chi connectivity index (χ1v) is 9.75. The highest BCUT2D eigenvalue weighted by atomic mass is 35.5. The molecule has 1 saturated heterocycles. The quantitative estimate of drug-likeness (QED) is 0.693. The van der Waals surface area contributed by atoms with Gasteiger partial charge in [-0.15, -0.1) is 0 Å². The van der Waals surface area contributed by atoms with Crippen molar-refractivity contribution in [2.75, 3.05) is 37.8 Å². The van der Waals surface area contributed by atoms with Crippen LogP contribution < -0.4 is 4.90 Å². The Labute approximate surface area is 168 Å². The second-order valence-corrected chi connectivity index (χ2v) is 7.35. The van der Waals surface area contributed by atoms with E-state index in [1.165, 1.54) is 0 Å². The average molecular weight is 403 g/mol. The third kappa shape index (κ3) is 3.63. The summed E-state index contributed by atoms with van der Waals surface area (Å²) in [6, 6.07) is 13.5. The van der Waals surface area contributed by atoms with E-state index < -0.39 is 0 Å². The zero-order valence-electron chi connectivity index (χ0n) is 14.8. The second kappa shape index (κ2) is 8.03. The molecular formula is C21H20Cl2N2O2. The molecule has 4 nitrogen and oxygen atoms in total. The Kier molecular flexibility index (Phi) is 5.50. The maximum atomic E-state index is 9.78. The van der Waals surface area contributed by atoms with Gasteiger partial charge in [-0.2, -0.15) is 0 Å². The fourth-order valence-corrected chi connectivity index (χ4v) is 4.02. The van der Waals surface area contributed by atoms with Gasteiger partial charge in [0, 0.05) is 46.3 Å². The van der Waals surface area contributed by atoms with E-state index in [1.807, 2.05) is 42.5 Å². The second-order valence-electron chi connectivity index (χ2n) is 6.50. The topological polar surface area (TPSA) is 45.6 Å². The third-order valence-electron chi connectivity index (χ3n) is 4.84. The number of aliphatic hydroxyl groups is 1. The zero-order chi connectivity index (χ0) is 18.8. The number of hydrogen-bond acceptors (Lipinski definition) is 4. The van der Waals surface area contributed by atoms with E-state index in [0.29, 0.717) is 29.7 Å². The standard InChI is InChI=1S/C21H20Cl2N2O2/c22-14-5-6-19-17(13-14)20(15-3-1-2-4-18(15)23)16(7-10-26)21(24-19)25-8-11-27-12-9-25/h1-6,13,26H,7-12H2. The van der Waals surface area contributed by atoms with E-state index in [9.17, 15) is 5.11 Å². The molecule has 1 aliphatic rings. The fourth-order valence-electron chi connectivity index (χ4n) is 3.62. The van der Waals surface area contributed by atoms with Crippen LogP contribution >= 0.6 is 23.2 Å². The summed E-state index contributed by atoms with van der Waals surface area (Å²) < 4.78 is 5.50. The lowest BCUT2D eigenvalue weighted by Gasteiger charge is -2.31. The number of aliphatic hydroxyl groups excluding tert-OH is 1. The van der Waals surface area contributed by atoms with Gasteiger partial charge in [-0.1, -0.05) is 41.4 Å². The Balaban J connectivity index is 2.05. The van der Waals surface area contributed by atoms with Gasteiger partial charge in [0.05, 0.1) is 18.7 Å². The van der Waals surface area contributed by atoms with Crippen molar-refractivity contribution in [3.05, 3.63) is 58.1 Å². The normalized spacial score (nSPS) is 14.7. The number of pyridine rings is 1. The number of rotatable bonds is 4. The molecule has 0 spiro atoms. The third-order valence-corrected chi connectivity index (χ3v) is 5.41. The molecule has 27 heavy (non-hydrogen) atoms. The Morgan fingerprint density at radius 3 is 2.59 bits per heavy atom. The number of anilines is 1. The highest BCUT2D eigenvalue weighted by Crippen LogP contribution is 2.40. The van der Waals surface area contributed by atoms with Crippen molar-refractivity contribution in [3.63, 3.8) is 0 Å². The summed E-state index contributed by atoms with van der Waals surface area (Å²) in [6.07, 6.45) is 0.489. The minimum absolute atomic E-state index is 0.0303. The van der Waals surface area contributed by atoms with Crippen LogP contribution in [-0.4, -0.2) is 43.0 Å². The number of benzene rings is 2. The molecule has 1 N–H and O–H groups in total. The molecule has 0 atom stereocenters. The van der Waals surface area contributed by atoms with E-state index >= 15 is 0 Å². The maximum Gasteiger partial charge on any atom is 0.133 e. The Bertz CT molecular complexity index is 972. The average Bonchev–Trinajstić information content (AvgIpc) is 2.69. The SMILES string of the molecule is OCCc1c(N2CCOCC2)nc2ccc(Cl)cc2c1-c1ccccc1Cl. The lowest BCUT2D eigenvalue weighted by molar-refractivity contribution is 0.122. The minimum atomic E-state index is 0.0303. The predicted molar refractivity (Wildman–Crippen MR) is 111 cm³/mol. The lowest BCUT2D eigenvalue weighted by atomic mass is 9.93. The van der Waals surface area contributed by atoms with Crippen LogP contribution in [0.4, 0.5) is 5.82 Å². The largest absolute Gasteiger partial charge is 0.396 e. The number of nitrogens with zero attached hydrogens (tertiary/aromatic N) is 2. The number of morpholine rings is 1. The molecule has 0 unspecified atom stereocenters. The monoisotopic (exact) mass is 402 g/mol. The van der Waals surface area contributed by atoms with Gasteiger partial charge in [0.2, 0.25) is 0 Å². The zero-order valence-corrected chi connectivity index (χ0v) is 16.3. The molecule has 2 aromatic carbocycles. The molecule has 1 fully saturated rings. The van der Waals surface area contributed by atoms with Crippen molar-refractivity contribution in [1.29, 1.82) is 0 Å². The summed E-state index contributed by atoms with van der Waals surface area (Å²) in [5, 5.41) is 12.0. The molecule has 140 valence electrons. The molecule has 0 amide bonds. The Morgan fingerprint density at radius 1 is 1.07 bits per heavy atom. The first-order chi connectivity index (χ1) is 13.2. The highest BCUT2D eigenvalue weighted by Gasteiger charge is 2.23. The van der Waals surface area contributed by atoms with E-state index in [1.54, 1.807) is 0 Å². The van der Waals surface area contributed by atoms with Crippen LogP contribution in [0.15, 0.2) is 42.5 Å². The first-order valence-electron chi connectivity index (χ1n) is 8.99. The molecule has 0 saturated carbocycles. The summed E-state index contributed by atoms with van der Waals surface area (Å²) in [6.45, 7) is 2.90. The molecule has 0 radical (unpaired) electrons.